The van der Waals surface area contributed by atoms with Crippen LogP contribution in [-0.4, -0.2) is 75.5 Å². The third-order valence-corrected chi connectivity index (χ3v) is 8.61. The van der Waals surface area contributed by atoms with E-state index in [9.17, 15) is 35.0 Å². The lowest BCUT2D eigenvalue weighted by molar-refractivity contribution is -0.139. The highest BCUT2D eigenvalue weighted by Crippen LogP contribution is 2.58. The van der Waals surface area contributed by atoms with E-state index >= 15 is 0 Å². The molecule has 0 aliphatic heterocycles. The third-order valence-electron chi connectivity index (χ3n) is 8.61. The Bertz CT molecular complexity index is 1670. The number of primary amides is 1. The van der Waals surface area contributed by atoms with Crippen molar-refractivity contribution in [2.45, 2.75) is 36.9 Å². The number of aliphatic hydroxyl groups is 2. The van der Waals surface area contributed by atoms with Crippen molar-refractivity contribution in [2.24, 2.45) is 22.6 Å². The first kappa shape index (κ1) is 28.8. The van der Waals surface area contributed by atoms with E-state index in [-0.39, 0.29) is 17.7 Å². The molecule has 0 aromatic heterocycles. The number of nitriles is 1. The fraction of sp³-hybridized carbons (Fsp3) is 0.333. The van der Waals surface area contributed by atoms with Crippen LogP contribution in [0, 0.1) is 16.7 Å². The summed E-state index contributed by atoms with van der Waals surface area (Å²) in [5, 5.41) is 44.2. The molecule has 218 valence electrons. The number of phenolic OH excluding ortho intramolecular Hbond substituents is 1. The number of ether oxygens (including phenoxy) is 1. The van der Waals surface area contributed by atoms with Crippen molar-refractivity contribution in [1.29, 1.82) is 5.26 Å². The average molecular weight is 574 g/mol. The summed E-state index contributed by atoms with van der Waals surface area (Å²) in [6.45, 7) is 2.34. The quantitative estimate of drug-likeness (QED) is 0.276. The van der Waals surface area contributed by atoms with Gasteiger partial charge in [0.15, 0.2) is 17.0 Å². The van der Waals surface area contributed by atoms with Gasteiger partial charge in [-0.2, -0.15) is 5.26 Å². The number of aliphatic hydroxyl groups excluding tert-OH is 2. The van der Waals surface area contributed by atoms with Gasteiger partial charge < -0.3 is 37.3 Å². The normalized spacial score (nSPS) is 28.6. The van der Waals surface area contributed by atoms with Crippen LogP contribution in [0.1, 0.15) is 24.5 Å². The van der Waals surface area contributed by atoms with Crippen molar-refractivity contribution >= 4 is 23.2 Å². The van der Waals surface area contributed by atoms with Gasteiger partial charge in [0.05, 0.1) is 40.9 Å². The molecule has 0 spiro atoms. The molecule has 0 unspecified atom stereocenters. The van der Waals surface area contributed by atoms with Crippen LogP contribution < -0.4 is 21.9 Å². The molecule has 0 heterocycles. The molecule has 1 fully saturated rings. The van der Waals surface area contributed by atoms with Gasteiger partial charge in [-0.25, -0.2) is 0 Å². The number of nitrogens with zero attached hydrogens (tertiary/aromatic N) is 2. The van der Waals surface area contributed by atoms with Crippen LogP contribution in [0.5, 0.6) is 11.5 Å². The molecule has 1 amide bonds. The van der Waals surface area contributed by atoms with E-state index in [0.29, 0.717) is 29.0 Å². The first-order valence-corrected chi connectivity index (χ1v) is 13.2. The Morgan fingerprint density at radius 1 is 1.12 bits per heavy atom. The fourth-order valence-corrected chi connectivity index (χ4v) is 7.00. The van der Waals surface area contributed by atoms with Crippen LogP contribution in [-0.2, 0) is 20.8 Å². The summed E-state index contributed by atoms with van der Waals surface area (Å²) in [6.07, 6.45) is -0.576. The van der Waals surface area contributed by atoms with Gasteiger partial charge in [0.2, 0.25) is 0 Å². The largest absolute Gasteiger partial charge is 0.509 e. The van der Waals surface area contributed by atoms with Crippen LogP contribution in [0.3, 0.4) is 0 Å². The summed E-state index contributed by atoms with van der Waals surface area (Å²) >= 11 is 0. The summed E-state index contributed by atoms with van der Waals surface area (Å²) < 4.78 is 5.52. The Kier molecular flexibility index (Phi) is 6.46. The van der Waals surface area contributed by atoms with Crippen molar-refractivity contribution in [3.05, 3.63) is 64.4 Å². The number of carbonyl (C=O) groups is 3. The van der Waals surface area contributed by atoms with Crippen LogP contribution in [0.4, 0.5) is 0 Å². The number of aromatic hydroxyl groups is 1. The molecule has 2 aromatic rings. The predicted octanol–water partition coefficient (Wildman–Crippen LogP) is 0.971. The molecule has 5 rings (SSSR count). The molecule has 0 saturated heterocycles. The lowest BCUT2D eigenvalue weighted by atomic mass is 9.47. The minimum atomic E-state index is -2.70. The summed E-state index contributed by atoms with van der Waals surface area (Å²) in [5.41, 5.74) is 12.9. The number of ketones is 2. The van der Waals surface area contributed by atoms with E-state index in [1.165, 1.54) is 25.1 Å². The zero-order valence-electron chi connectivity index (χ0n) is 23.3. The molecule has 12 heteroatoms. The first-order chi connectivity index (χ1) is 19.7. The standard InChI is InChI=1S/C30H31N5O7/c1-4-42-15-7-5-14(6-8-15)16-9-10-18(36)19-17(16)11-28(33)12-30(34)24(35(2)3)23(38)20(27(32)41)25(39)29(30,13-31)26(40)21(28)22(19)37/h5-10,24,36-37,39H,4,11-12,33-34H2,1-3H3,(H2,32,41)/t24-,28-,29+,30-/m1/s1. The maximum atomic E-state index is 14.4. The molecule has 3 aliphatic rings. The number of fused-ring (bicyclic) bond motifs is 3. The lowest BCUT2D eigenvalue weighted by Gasteiger charge is -2.58. The Hall–Kier alpha value is -4.70. The van der Waals surface area contributed by atoms with Crippen LogP contribution in [0.25, 0.3) is 16.9 Å². The van der Waals surface area contributed by atoms with Crippen molar-refractivity contribution in [3.8, 4) is 28.7 Å². The molecule has 2 aromatic carbocycles. The van der Waals surface area contributed by atoms with Gasteiger partial charge in [0.1, 0.15) is 28.6 Å². The Labute approximate surface area is 241 Å². The molecule has 0 bridgehead atoms. The summed E-state index contributed by atoms with van der Waals surface area (Å²) in [5.74, 6) is -5.09. The van der Waals surface area contributed by atoms with Gasteiger partial charge in [-0.1, -0.05) is 18.2 Å². The molecule has 0 radical (unpaired) electrons. The van der Waals surface area contributed by atoms with E-state index in [1.807, 2.05) is 6.92 Å². The molecule has 4 atom stereocenters. The fourth-order valence-electron chi connectivity index (χ4n) is 7.00. The highest BCUT2D eigenvalue weighted by atomic mass is 16.5. The van der Waals surface area contributed by atoms with Crippen LogP contribution >= 0.6 is 0 Å². The first-order valence-electron chi connectivity index (χ1n) is 13.2. The zero-order chi connectivity index (χ0) is 30.9. The predicted molar refractivity (Wildman–Crippen MR) is 151 cm³/mol. The Morgan fingerprint density at radius 2 is 1.76 bits per heavy atom. The molecular formula is C30H31N5O7. The monoisotopic (exact) mass is 573 g/mol. The third kappa shape index (κ3) is 3.54. The number of benzene rings is 2. The Balaban J connectivity index is 1.81. The average Bonchev–Trinajstić information content (AvgIpc) is 2.88. The topological polar surface area (TPSA) is 226 Å². The van der Waals surface area contributed by atoms with Crippen LogP contribution in [0.15, 0.2) is 53.3 Å². The summed E-state index contributed by atoms with van der Waals surface area (Å²) in [4.78, 5) is 41.6. The smallest absolute Gasteiger partial charge is 0.255 e. The van der Waals surface area contributed by atoms with Gasteiger partial charge >= 0.3 is 0 Å². The molecule has 42 heavy (non-hydrogen) atoms. The van der Waals surface area contributed by atoms with E-state index in [1.54, 1.807) is 36.4 Å². The maximum absolute atomic E-state index is 14.4. The number of nitrogens with two attached hydrogens (primary N) is 3. The second kappa shape index (κ2) is 9.42. The second-order valence-corrected chi connectivity index (χ2v) is 11.2. The van der Waals surface area contributed by atoms with E-state index in [0.717, 1.165) is 0 Å². The number of likely N-dealkylation sites (N-methyl/N-ethyl adjacent to an activating group) is 1. The van der Waals surface area contributed by atoms with E-state index in [2.05, 4.69) is 0 Å². The maximum Gasteiger partial charge on any atom is 0.255 e. The van der Waals surface area contributed by atoms with Crippen molar-refractivity contribution < 1.29 is 34.4 Å². The molecule has 9 N–H and O–H groups in total. The van der Waals surface area contributed by atoms with Gasteiger partial charge in [-0.15, -0.1) is 0 Å². The SMILES string of the molecule is CCOc1ccc(-c2ccc(O)c3c2C[C@@]2(N)C[C@@]4(N)[C@H](N(C)C)C(=O)C(C(N)=O)=C(O)[C@@]4(C#N)C(=O)C2=C3O)cc1. The van der Waals surface area contributed by atoms with Crippen molar-refractivity contribution in [2.75, 3.05) is 20.7 Å². The second-order valence-electron chi connectivity index (χ2n) is 11.2. The number of phenols is 1. The van der Waals surface area contributed by atoms with Gasteiger partial charge in [-0.05, 0) is 68.8 Å². The number of hydrogen-bond acceptors (Lipinski definition) is 11. The number of Topliss-reactive ketones (excluding diaryl/α,β-unsaturated/α-hetero) is 2. The Morgan fingerprint density at radius 3 is 2.31 bits per heavy atom. The molecular weight excluding hydrogens is 542 g/mol. The minimum Gasteiger partial charge on any atom is -0.509 e. The minimum absolute atomic E-state index is 0.0712. The number of hydrogen-bond donors (Lipinski definition) is 6. The number of carbonyl (C=O) groups excluding carboxylic acids is 3. The van der Waals surface area contributed by atoms with Gasteiger partial charge in [0.25, 0.3) is 5.91 Å². The van der Waals surface area contributed by atoms with Crippen molar-refractivity contribution in [3.63, 3.8) is 0 Å². The van der Waals surface area contributed by atoms with Gasteiger partial charge in [-0.3, -0.25) is 19.3 Å². The zero-order valence-corrected chi connectivity index (χ0v) is 23.3. The van der Waals surface area contributed by atoms with E-state index in [4.69, 9.17) is 21.9 Å². The highest BCUT2D eigenvalue weighted by Gasteiger charge is 2.74. The molecule has 3 aliphatic carbocycles. The molecule has 1 saturated carbocycles. The lowest BCUT2D eigenvalue weighted by Crippen LogP contribution is -2.80. The highest BCUT2D eigenvalue weighted by molar-refractivity contribution is 6.25. The molecule has 12 nitrogen and oxygen atoms in total. The van der Waals surface area contributed by atoms with Crippen LogP contribution in [0.2, 0.25) is 0 Å². The number of amides is 1. The number of rotatable bonds is 5. The van der Waals surface area contributed by atoms with E-state index < -0.39 is 69.1 Å². The summed E-state index contributed by atoms with van der Waals surface area (Å²) in [7, 11) is 2.93. The van der Waals surface area contributed by atoms with Gasteiger partial charge in [0, 0.05) is 0 Å². The van der Waals surface area contributed by atoms with Crippen molar-refractivity contribution in [1.82, 2.24) is 4.90 Å². The summed E-state index contributed by atoms with van der Waals surface area (Å²) in [6, 6.07) is 10.4.